The van der Waals surface area contributed by atoms with Gasteiger partial charge in [0.05, 0.1) is 12.1 Å². The average Bonchev–Trinajstić information content (AvgIpc) is 2.71. The Morgan fingerprint density at radius 1 is 1.56 bits per heavy atom. The van der Waals surface area contributed by atoms with Crippen molar-refractivity contribution in [3.8, 4) is 0 Å². The Balaban J connectivity index is 2.78. The van der Waals surface area contributed by atoms with E-state index in [0.717, 1.165) is 0 Å². The van der Waals surface area contributed by atoms with Gasteiger partial charge in [-0.1, -0.05) is 11.6 Å². The monoisotopic (exact) mass is 261 g/mol. The molecule has 0 spiro atoms. The van der Waals surface area contributed by atoms with Gasteiger partial charge in [0.25, 0.3) is 5.91 Å². The van der Waals surface area contributed by atoms with Crippen LogP contribution in [0.15, 0.2) is 11.4 Å². The third-order valence-electron chi connectivity index (χ3n) is 2.03. The van der Waals surface area contributed by atoms with Crippen molar-refractivity contribution >= 4 is 34.8 Å². The number of likely N-dealkylation sites (N-methyl/N-ethyl adjacent to an activating group) is 1. The van der Waals surface area contributed by atoms with Gasteiger partial charge in [-0.15, -0.1) is 11.3 Å². The van der Waals surface area contributed by atoms with Crippen molar-refractivity contribution in [3.63, 3.8) is 0 Å². The highest BCUT2D eigenvalue weighted by Gasteiger charge is 2.20. The van der Waals surface area contributed by atoms with Crippen LogP contribution >= 0.6 is 22.9 Å². The van der Waals surface area contributed by atoms with Crippen molar-refractivity contribution in [2.75, 3.05) is 20.2 Å². The Bertz CT molecular complexity index is 391. The van der Waals surface area contributed by atoms with Crippen LogP contribution < -0.4 is 0 Å². The third-order valence-corrected chi connectivity index (χ3v) is 3.36. The molecule has 1 amide bonds. The molecule has 1 heterocycles. The first-order valence-electron chi connectivity index (χ1n) is 4.69. The van der Waals surface area contributed by atoms with Crippen molar-refractivity contribution in [3.05, 3.63) is 21.3 Å². The topological polar surface area (TPSA) is 46.6 Å². The molecule has 0 saturated carbocycles. The van der Waals surface area contributed by atoms with Crippen molar-refractivity contribution in [1.82, 2.24) is 4.90 Å². The number of halogens is 1. The molecule has 16 heavy (non-hydrogen) atoms. The number of esters is 1. The SMILES string of the molecule is CCN(CC(=O)OC)C(=O)c1sccc1Cl. The van der Waals surface area contributed by atoms with E-state index in [9.17, 15) is 9.59 Å². The molecule has 1 aromatic heterocycles. The molecule has 4 nitrogen and oxygen atoms in total. The lowest BCUT2D eigenvalue weighted by Gasteiger charge is -2.18. The Labute approximate surface area is 103 Å². The summed E-state index contributed by atoms with van der Waals surface area (Å²) in [6.07, 6.45) is 0. The van der Waals surface area contributed by atoms with Crippen molar-refractivity contribution in [2.24, 2.45) is 0 Å². The second-order valence-electron chi connectivity index (χ2n) is 2.99. The Morgan fingerprint density at radius 3 is 2.69 bits per heavy atom. The molecule has 0 aliphatic carbocycles. The van der Waals surface area contributed by atoms with E-state index in [1.807, 2.05) is 0 Å². The summed E-state index contributed by atoms with van der Waals surface area (Å²) >= 11 is 7.11. The van der Waals surface area contributed by atoms with Crippen LogP contribution in [0.3, 0.4) is 0 Å². The molecule has 6 heteroatoms. The van der Waals surface area contributed by atoms with E-state index in [2.05, 4.69) is 4.74 Å². The zero-order valence-corrected chi connectivity index (χ0v) is 10.6. The first-order chi connectivity index (χ1) is 7.60. The number of carbonyl (C=O) groups excluding carboxylic acids is 2. The summed E-state index contributed by atoms with van der Waals surface area (Å²) < 4.78 is 4.52. The van der Waals surface area contributed by atoms with Crippen LogP contribution in [-0.2, 0) is 9.53 Å². The maximum atomic E-state index is 12.0. The van der Waals surface area contributed by atoms with Gasteiger partial charge in [0, 0.05) is 6.54 Å². The van der Waals surface area contributed by atoms with Gasteiger partial charge in [-0.3, -0.25) is 9.59 Å². The number of nitrogens with zero attached hydrogens (tertiary/aromatic N) is 1. The molecule has 0 atom stereocenters. The van der Waals surface area contributed by atoms with E-state index in [4.69, 9.17) is 11.6 Å². The van der Waals surface area contributed by atoms with Crippen molar-refractivity contribution in [1.29, 1.82) is 0 Å². The number of carbonyl (C=O) groups is 2. The highest BCUT2D eigenvalue weighted by molar-refractivity contribution is 7.12. The first kappa shape index (κ1) is 13.0. The number of rotatable bonds is 4. The molecule has 0 radical (unpaired) electrons. The fraction of sp³-hybridized carbons (Fsp3) is 0.400. The first-order valence-corrected chi connectivity index (χ1v) is 5.95. The molecule has 0 aliphatic rings. The van der Waals surface area contributed by atoms with E-state index in [1.54, 1.807) is 18.4 Å². The molecule has 88 valence electrons. The van der Waals surface area contributed by atoms with E-state index >= 15 is 0 Å². The lowest BCUT2D eigenvalue weighted by Crippen LogP contribution is -2.35. The Kier molecular flexibility index (Phi) is 4.76. The van der Waals surface area contributed by atoms with Gasteiger partial charge >= 0.3 is 5.97 Å². The smallest absolute Gasteiger partial charge is 0.325 e. The lowest BCUT2D eigenvalue weighted by molar-refractivity contribution is -0.141. The van der Waals surface area contributed by atoms with E-state index in [1.165, 1.54) is 23.3 Å². The molecule has 0 saturated heterocycles. The minimum Gasteiger partial charge on any atom is -0.468 e. The number of hydrogen-bond acceptors (Lipinski definition) is 4. The van der Waals surface area contributed by atoms with E-state index in [-0.39, 0.29) is 12.5 Å². The Morgan fingerprint density at radius 2 is 2.25 bits per heavy atom. The summed E-state index contributed by atoms with van der Waals surface area (Å²) in [5, 5.41) is 2.15. The highest BCUT2D eigenvalue weighted by Crippen LogP contribution is 2.23. The van der Waals surface area contributed by atoms with Crippen LogP contribution in [0.2, 0.25) is 5.02 Å². The second kappa shape index (κ2) is 5.86. The number of amides is 1. The van der Waals surface area contributed by atoms with Gasteiger partial charge in [0.1, 0.15) is 11.4 Å². The van der Waals surface area contributed by atoms with Gasteiger partial charge in [-0.2, -0.15) is 0 Å². The summed E-state index contributed by atoms with van der Waals surface area (Å²) in [7, 11) is 1.29. The predicted molar refractivity (Wildman–Crippen MR) is 62.9 cm³/mol. The van der Waals surface area contributed by atoms with Crippen LogP contribution in [0, 0.1) is 0 Å². The summed E-state index contributed by atoms with van der Waals surface area (Å²) in [5.41, 5.74) is 0. The summed E-state index contributed by atoms with van der Waals surface area (Å²) in [6, 6.07) is 1.66. The molecule has 1 rings (SSSR count). The Hall–Kier alpha value is -1.07. The number of thiophene rings is 1. The van der Waals surface area contributed by atoms with Gasteiger partial charge < -0.3 is 9.64 Å². The molecule has 1 aromatic rings. The lowest BCUT2D eigenvalue weighted by atomic mass is 10.3. The van der Waals surface area contributed by atoms with Gasteiger partial charge in [-0.25, -0.2) is 0 Å². The predicted octanol–water partition coefficient (Wildman–Crippen LogP) is 2.04. The van der Waals surface area contributed by atoms with Gasteiger partial charge in [0.2, 0.25) is 0 Å². The molecule has 0 aliphatic heterocycles. The zero-order valence-electron chi connectivity index (χ0n) is 9.03. The minimum absolute atomic E-state index is 0.0555. The normalized spacial score (nSPS) is 9.94. The molecule has 0 N–H and O–H groups in total. The average molecular weight is 262 g/mol. The fourth-order valence-corrected chi connectivity index (χ4v) is 2.24. The van der Waals surface area contributed by atoms with Crippen molar-refractivity contribution < 1.29 is 14.3 Å². The number of hydrogen-bond donors (Lipinski definition) is 0. The van der Waals surface area contributed by atoms with Crippen LogP contribution in [-0.4, -0.2) is 37.0 Å². The summed E-state index contributed by atoms with van der Waals surface area (Å²) in [4.78, 5) is 24.9. The molecule has 0 fully saturated rings. The van der Waals surface area contributed by atoms with Crippen LogP contribution in [0.1, 0.15) is 16.6 Å². The summed E-state index contributed by atoms with van der Waals surface area (Å²) in [6.45, 7) is 2.17. The van der Waals surface area contributed by atoms with Crippen LogP contribution in [0.25, 0.3) is 0 Å². The zero-order chi connectivity index (χ0) is 12.1. The fourth-order valence-electron chi connectivity index (χ4n) is 1.14. The molecule has 0 bridgehead atoms. The van der Waals surface area contributed by atoms with Gasteiger partial charge in [0.15, 0.2) is 0 Å². The maximum absolute atomic E-state index is 12.0. The highest BCUT2D eigenvalue weighted by atomic mass is 35.5. The number of ether oxygens (including phenoxy) is 1. The van der Waals surface area contributed by atoms with E-state index in [0.29, 0.717) is 16.4 Å². The van der Waals surface area contributed by atoms with Crippen LogP contribution in [0.5, 0.6) is 0 Å². The second-order valence-corrected chi connectivity index (χ2v) is 4.32. The third kappa shape index (κ3) is 2.96. The van der Waals surface area contributed by atoms with Crippen molar-refractivity contribution in [2.45, 2.75) is 6.92 Å². The minimum atomic E-state index is -0.442. The molecule has 0 unspecified atom stereocenters. The number of methoxy groups -OCH3 is 1. The van der Waals surface area contributed by atoms with Crippen LogP contribution in [0.4, 0.5) is 0 Å². The molecular weight excluding hydrogens is 250 g/mol. The summed E-state index contributed by atoms with van der Waals surface area (Å²) in [5.74, 6) is -0.684. The van der Waals surface area contributed by atoms with E-state index < -0.39 is 5.97 Å². The quantitative estimate of drug-likeness (QED) is 0.780. The maximum Gasteiger partial charge on any atom is 0.325 e. The standard InChI is InChI=1S/C10H12ClNO3S/c1-3-12(6-8(13)15-2)10(14)9-7(11)4-5-16-9/h4-5H,3,6H2,1-2H3. The van der Waals surface area contributed by atoms with Gasteiger partial charge in [-0.05, 0) is 18.4 Å². The molecular formula is C10H12ClNO3S. The molecule has 0 aromatic carbocycles. The largest absolute Gasteiger partial charge is 0.468 e.